The number of likely N-dealkylation sites (N-methyl/N-ethyl adjacent to an activating group) is 1. The fourth-order valence-corrected chi connectivity index (χ4v) is 2.95. The van der Waals surface area contributed by atoms with E-state index in [0.717, 1.165) is 19.6 Å². The van der Waals surface area contributed by atoms with E-state index in [1.165, 1.54) is 19.3 Å². The molecule has 80 valence electrons. The highest BCUT2D eigenvalue weighted by molar-refractivity contribution is 5.76. The van der Waals surface area contributed by atoms with Crippen LogP contribution in [-0.2, 0) is 4.79 Å². The van der Waals surface area contributed by atoms with E-state index in [9.17, 15) is 4.79 Å². The van der Waals surface area contributed by atoms with Gasteiger partial charge in [0.15, 0.2) is 0 Å². The number of nitrogens with two attached hydrogens (primary N) is 1. The Balaban J connectivity index is 2.06. The van der Waals surface area contributed by atoms with E-state index in [-0.39, 0.29) is 11.4 Å². The summed E-state index contributed by atoms with van der Waals surface area (Å²) in [5.74, 6) is -0.194. The van der Waals surface area contributed by atoms with Crippen molar-refractivity contribution >= 4 is 5.91 Å². The molecule has 1 spiro atoms. The summed E-state index contributed by atoms with van der Waals surface area (Å²) in [6, 6.07) is 0. The Bertz CT molecular complexity index is 244. The van der Waals surface area contributed by atoms with Crippen molar-refractivity contribution in [2.75, 3.05) is 33.2 Å². The molecule has 2 aliphatic heterocycles. The van der Waals surface area contributed by atoms with E-state index in [2.05, 4.69) is 16.8 Å². The number of rotatable bonds is 2. The fraction of sp³-hybridized carbons (Fsp3) is 0.900. The van der Waals surface area contributed by atoms with Crippen LogP contribution in [0.2, 0.25) is 0 Å². The van der Waals surface area contributed by atoms with E-state index >= 15 is 0 Å². The molecule has 0 aliphatic carbocycles. The lowest BCUT2D eigenvalue weighted by Crippen LogP contribution is -2.49. The van der Waals surface area contributed by atoms with Crippen molar-refractivity contribution in [2.24, 2.45) is 5.73 Å². The van der Waals surface area contributed by atoms with Crippen LogP contribution in [0.15, 0.2) is 0 Å². The molecule has 2 N–H and O–H groups in total. The van der Waals surface area contributed by atoms with E-state index in [0.29, 0.717) is 6.54 Å². The summed E-state index contributed by atoms with van der Waals surface area (Å²) in [5, 5.41) is 0. The van der Waals surface area contributed by atoms with E-state index in [4.69, 9.17) is 5.73 Å². The zero-order valence-corrected chi connectivity index (χ0v) is 8.83. The SMILES string of the molecule is CN1CCC2(CCCN2CC(N)=O)C1. The summed E-state index contributed by atoms with van der Waals surface area (Å²) in [4.78, 5) is 15.6. The predicted molar refractivity (Wildman–Crippen MR) is 54.8 cm³/mol. The van der Waals surface area contributed by atoms with Gasteiger partial charge in [0, 0.05) is 12.1 Å². The molecule has 0 radical (unpaired) electrons. The number of amides is 1. The largest absolute Gasteiger partial charge is 0.369 e. The van der Waals surface area contributed by atoms with Crippen molar-refractivity contribution in [3.8, 4) is 0 Å². The second-order valence-electron chi connectivity index (χ2n) is 4.70. The van der Waals surface area contributed by atoms with Gasteiger partial charge < -0.3 is 10.6 Å². The zero-order chi connectivity index (χ0) is 10.2. The van der Waals surface area contributed by atoms with Gasteiger partial charge in [-0.1, -0.05) is 0 Å². The van der Waals surface area contributed by atoms with Gasteiger partial charge in [-0.3, -0.25) is 9.69 Å². The maximum absolute atomic E-state index is 10.9. The molecule has 0 aromatic rings. The van der Waals surface area contributed by atoms with Crippen LogP contribution in [0, 0.1) is 0 Å². The van der Waals surface area contributed by atoms with Crippen LogP contribution < -0.4 is 5.73 Å². The van der Waals surface area contributed by atoms with Crippen LogP contribution in [0.3, 0.4) is 0 Å². The molecule has 4 nitrogen and oxygen atoms in total. The van der Waals surface area contributed by atoms with Crippen molar-refractivity contribution in [3.63, 3.8) is 0 Å². The van der Waals surface area contributed by atoms with Gasteiger partial charge >= 0.3 is 0 Å². The highest BCUT2D eigenvalue weighted by Crippen LogP contribution is 2.36. The number of likely N-dealkylation sites (tertiary alicyclic amines) is 2. The third-order valence-electron chi connectivity index (χ3n) is 3.61. The van der Waals surface area contributed by atoms with Crippen LogP contribution in [0.5, 0.6) is 0 Å². The molecular formula is C10H19N3O. The third-order valence-corrected chi connectivity index (χ3v) is 3.61. The van der Waals surface area contributed by atoms with Gasteiger partial charge in [0.25, 0.3) is 0 Å². The molecule has 1 amide bonds. The fourth-order valence-electron chi connectivity index (χ4n) is 2.95. The smallest absolute Gasteiger partial charge is 0.231 e. The quantitative estimate of drug-likeness (QED) is 0.658. The van der Waals surface area contributed by atoms with E-state index in [1.54, 1.807) is 0 Å². The number of carbonyl (C=O) groups excluding carboxylic acids is 1. The van der Waals surface area contributed by atoms with Gasteiger partial charge in [-0.15, -0.1) is 0 Å². The summed E-state index contributed by atoms with van der Waals surface area (Å²) in [5.41, 5.74) is 5.53. The lowest BCUT2D eigenvalue weighted by molar-refractivity contribution is -0.120. The Morgan fingerprint density at radius 2 is 2.21 bits per heavy atom. The van der Waals surface area contributed by atoms with Crippen molar-refractivity contribution < 1.29 is 4.79 Å². The normalized spacial score (nSPS) is 34.4. The van der Waals surface area contributed by atoms with Crippen LogP contribution >= 0.6 is 0 Å². The maximum atomic E-state index is 10.9. The Kier molecular flexibility index (Phi) is 2.49. The summed E-state index contributed by atoms with van der Waals surface area (Å²) >= 11 is 0. The topological polar surface area (TPSA) is 49.6 Å². The summed E-state index contributed by atoms with van der Waals surface area (Å²) in [6.07, 6.45) is 3.63. The molecule has 1 unspecified atom stereocenters. The number of hydrogen-bond donors (Lipinski definition) is 1. The van der Waals surface area contributed by atoms with Crippen LogP contribution in [-0.4, -0.2) is 54.5 Å². The van der Waals surface area contributed by atoms with Gasteiger partial charge in [-0.25, -0.2) is 0 Å². The van der Waals surface area contributed by atoms with E-state index in [1.807, 2.05) is 0 Å². The molecule has 0 bridgehead atoms. The third kappa shape index (κ3) is 1.64. The van der Waals surface area contributed by atoms with Gasteiger partial charge in [0.2, 0.25) is 5.91 Å². The highest BCUT2D eigenvalue weighted by atomic mass is 16.1. The minimum Gasteiger partial charge on any atom is -0.369 e. The van der Waals surface area contributed by atoms with Gasteiger partial charge in [0.1, 0.15) is 0 Å². The molecule has 2 heterocycles. The zero-order valence-electron chi connectivity index (χ0n) is 8.83. The Labute approximate surface area is 85.0 Å². The molecule has 0 aromatic carbocycles. The number of nitrogens with zero attached hydrogens (tertiary/aromatic N) is 2. The number of carbonyl (C=O) groups is 1. The maximum Gasteiger partial charge on any atom is 0.231 e. The number of primary amides is 1. The molecule has 2 fully saturated rings. The first kappa shape index (κ1) is 9.93. The molecule has 0 saturated carbocycles. The lowest BCUT2D eigenvalue weighted by atomic mass is 9.95. The first-order valence-corrected chi connectivity index (χ1v) is 5.34. The first-order valence-electron chi connectivity index (χ1n) is 5.34. The molecule has 4 heteroatoms. The number of hydrogen-bond acceptors (Lipinski definition) is 3. The molecule has 2 rings (SSSR count). The van der Waals surface area contributed by atoms with Crippen molar-refractivity contribution in [1.29, 1.82) is 0 Å². The molecule has 0 aromatic heterocycles. The van der Waals surface area contributed by atoms with Crippen LogP contribution in [0.4, 0.5) is 0 Å². The lowest BCUT2D eigenvalue weighted by Gasteiger charge is -2.34. The molecule has 1 atom stereocenters. The Hall–Kier alpha value is -0.610. The molecular weight excluding hydrogens is 178 g/mol. The van der Waals surface area contributed by atoms with Crippen LogP contribution in [0.25, 0.3) is 0 Å². The average Bonchev–Trinajstić information content (AvgIpc) is 2.62. The minimum atomic E-state index is -0.194. The molecule has 2 saturated heterocycles. The molecule has 14 heavy (non-hydrogen) atoms. The van der Waals surface area contributed by atoms with Gasteiger partial charge in [-0.05, 0) is 39.4 Å². The summed E-state index contributed by atoms with van der Waals surface area (Å²) in [7, 11) is 2.15. The Morgan fingerprint density at radius 1 is 1.43 bits per heavy atom. The predicted octanol–water partition coefficient (Wildman–Crippen LogP) is -0.358. The Morgan fingerprint density at radius 3 is 2.79 bits per heavy atom. The molecule has 2 aliphatic rings. The van der Waals surface area contributed by atoms with Crippen molar-refractivity contribution in [2.45, 2.75) is 24.8 Å². The van der Waals surface area contributed by atoms with E-state index < -0.39 is 0 Å². The summed E-state index contributed by atoms with van der Waals surface area (Å²) in [6.45, 7) is 3.72. The van der Waals surface area contributed by atoms with Crippen LogP contribution in [0.1, 0.15) is 19.3 Å². The monoisotopic (exact) mass is 197 g/mol. The second kappa shape index (κ2) is 3.51. The summed E-state index contributed by atoms with van der Waals surface area (Å²) < 4.78 is 0. The van der Waals surface area contributed by atoms with Crippen molar-refractivity contribution in [3.05, 3.63) is 0 Å². The first-order chi connectivity index (χ1) is 6.62. The standard InChI is InChI=1S/C10H19N3O/c1-12-6-4-10(8-12)3-2-5-13(10)7-9(11)14/h2-8H2,1H3,(H2,11,14). The van der Waals surface area contributed by atoms with Crippen molar-refractivity contribution in [1.82, 2.24) is 9.80 Å². The van der Waals surface area contributed by atoms with Gasteiger partial charge in [0.05, 0.1) is 6.54 Å². The average molecular weight is 197 g/mol. The minimum absolute atomic E-state index is 0.194. The van der Waals surface area contributed by atoms with Gasteiger partial charge in [-0.2, -0.15) is 0 Å². The highest BCUT2D eigenvalue weighted by Gasteiger charge is 2.45. The second-order valence-corrected chi connectivity index (χ2v) is 4.70.